The van der Waals surface area contributed by atoms with E-state index in [9.17, 15) is 18.0 Å². The van der Waals surface area contributed by atoms with Gasteiger partial charge >= 0.3 is 12.1 Å². The average molecular weight is 264 g/mol. The largest absolute Gasteiger partial charge is 0.501 e. The van der Waals surface area contributed by atoms with Crippen molar-refractivity contribution in [3.8, 4) is 0 Å². The van der Waals surface area contributed by atoms with E-state index in [0.717, 1.165) is 18.2 Å². The molecule has 0 bridgehead atoms. The zero-order valence-corrected chi connectivity index (χ0v) is 9.05. The van der Waals surface area contributed by atoms with E-state index in [0.29, 0.717) is 6.07 Å². The number of aliphatic hydroxyl groups is 1. The summed E-state index contributed by atoms with van der Waals surface area (Å²) in [6.07, 6.45) is -4.57. The molecule has 1 unspecified atom stereocenters. The van der Waals surface area contributed by atoms with Gasteiger partial charge in [0.25, 0.3) is 0 Å². The molecule has 3 nitrogen and oxygen atoms in total. The SMILES string of the molecule is O=C(O)C(C(O)=S)c1cccc(C(F)(F)F)c1. The predicted octanol–water partition coefficient (Wildman–Crippen LogP) is 2.76. The second-order valence-electron chi connectivity index (χ2n) is 3.23. The fourth-order valence-corrected chi connectivity index (χ4v) is 1.52. The van der Waals surface area contributed by atoms with Crippen molar-refractivity contribution in [3.05, 3.63) is 35.4 Å². The molecule has 7 heteroatoms. The number of thiocarbonyl (C=S) groups is 1. The Balaban J connectivity index is 3.23. The fourth-order valence-electron chi connectivity index (χ4n) is 1.29. The Morgan fingerprint density at radius 1 is 1.29 bits per heavy atom. The van der Waals surface area contributed by atoms with E-state index < -0.39 is 28.7 Å². The van der Waals surface area contributed by atoms with Crippen LogP contribution in [0.4, 0.5) is 13.2 Å². The molecule has 0 saturated heterocycles. The third-order valence-electron chi connectivity index (χ3n) is 2.04. The molecule has 0 saturated carbocycles. The number of rotatable bonds is 3. The summed E-state index contributed by atoms with van der Waals surface area (Å²) in [7, 11) is 0. The summed E-state index contributed by atoms with van der Waals surface area (Å²) in [5.41, 5.74) is -1.20. The minimum Gasteiger partial charge on any atom is -0.501 e. The number of hydrogen-bond donors (Lipinski definition) is 2. The molecule has 17 heavy (non-hydrogen) atoms. The Labute approximate surface area is 99.5 Å². The van der Waals surface area contributed by atoms with E-state index in [-0.39, 0.29) is 5.56 Å². The van der Waals surface area contributed by atoms with Crippen LogP contribution in [0.5, 0.6) is 0 Å². The molecule has 0 aliphatic heterocycles. The van der Waals surface area contributed by atoms with Crippen LogP contribution in [0.1, 0.15) is 17.0 Å². The first-order chi connectivity index (χ1) is 7.73. The summed E-state index contributed by atoms with van der Waals surface area (Å²) >= 11 is 4.31. The lowest BCUT2D eigenvalue weighted by Crippen LogP contribution is -2.20. The number of alkyl halides is 3. The average Bonchev–Trinajstić information content (AvgIpc) is 2.15. The maximum Gasteiger partial charge on any atom is 0.416 e. The molecule has 0 heterocycles. The van der Waals surface area contributed by atoms with E-state index in [2.05, 4.69) is 12.2 Å². The van der Waals surface area contributed by atoms with Gasteiger partial charge in [0.2, 0.25) is 0 Å². The van der Waals surface area contributed by atoms with Crippen LogP contribution < -0.4 is 0 Å². The van der Waals surface area contributed by atoms with E-state index in [1.165, 1.54) is 0 Å². The highest BCUT2D eigenvalue weighted by Crippen LogP contribution is 2.31. The van der Waals surface area contributed by atoms with Gasteiger partial charge in [0, 0.05) is 0 Å². The molecule has 0 radical (unpaired) electrons. The number of hydrogen-bond acceptors (Lipinski definition) is 2. The molecule has 1 aromatic rings. The van der Waals surface area contributed by atoms with Gasteiger partial charge in [-0.1, -0.05) is 18.2 Å². The first kappa shape index (κ1) is 13.4. The van der Waals surface area contributed by atoms with Crippen molar-refractivity contribution in [3.63, 3.8) is 0 Å². The molecule has 0 spiro atoms. The summed E-state index contributed by atoms with van der Waals surface area (Å²) in [5.74, 6) is -3.14. The number of carbonyl (C=O) groups is 1. The van der Waals surface area contributed by atoms with Crippen LogP contribution in [0.25, 0.3) is 0 Å². The molecule has 0 aliphatic carbocycles. The standard InChI is InChI=1S/C10H7F3O3S/c11-10(12,13)6-3-1-2-5(4-6)7(8(14)15)9(16)17/h1-4,7H,(H,14,15)(H,16,17). The third kappa shape index (κ3) is 3.16. The molecule has 0 fully saturated rings. The number of carboxylic acid groups (broad SMARTS) is 1. The lowest BCUT2D eigenvalue weighted by molar-refractivity contribution is -0.139. The molecular formula is C10H7F3O3S. The highest BCUT2D eigenvalue weighted by atomic mass is 32.1. The summed E-state index contributed by atoms with van der Waals surface area (Å²) in [4.78, 5) is 10.8. The molecule has 1 atom stereocenters. The maximum absolute atomic E-state index is 12.4. The summed E-state index contributed by atoms with van der Waals surface area (Å²) < 4.78 is 37.2. The van der Waals surface area contributed by atoms with Crippen molar-refractivity contribution in [1.29, 1.82) is 0 Å². The van der Waals surface area contributed by atoms with Crippen LogP contribution in [-0.4, -0.2) is 21.2 Å². The van der Waals surface area contributed by atoms with Gasteiger partial charge in [-0.3, -0.25) is 4.79 Å². The van der Waals surface area contributed by atoms with Crippen LogP contribution in [0.15, 0.2) is 24.3 Å². The Morgan fingerprint density at radius 2 is 1.88 bits per heavy atom. The highest BCUT2D eigenvalue weighted by Gasteiger charge is 2.32. The van der Waals surface area contributed by atoms with Crippen LogP contribution >= 0.6 is 12.2 Å². The highest BCUT2D eigenvalue weighted by molar-refractivity contribution is 7.80. The van der Waals surface area contributed by atoms with Crippen LogP contribution in [0.3, 0.4) is 0 Å². The Bertz CT molecular complexity index is 442. The smallest absolute Gasteiger partial charge is 0.416 e. The molecule has 2 N–H and O–H groups in total. The van der Waals surface area contributed by atoms with Crippen LogP contribution in [-0.2, 0) is 11.0 Å². The fraction of sp³-hybridized carbons (Fsp3) is 0.200. The van der Waals surface area contributed by atoms with Crippen LogP contribution in [0.2, 0.25) is 0 Å². The Morgan fingerprint density at radius 3 is 2.29 bits per heavy atom. The Kier molecular flexibility index (Phi) is 3.72. The first-order valence-corrected chi connectivity index (χ1v) is 4.77. The number of benzene rings is 1. The van der Waals surface area contributed by atoms with Gasteiger partial charge in [-0.25, -0.2) is 0 Å². The predicted molar refractivity (Wildman–Crippen MR) is 57.0 cm³/mol. The summed E-state index contributed by atoms with van der Waals surface area (Å²) in [5, 5.41) is 16.9. The first-order valence-electron chi connectivity index (χ1n) is 4.36. The van der Waals surface area contributed by atoms with Crippen molar-refractivity contribution < 1.29 is 28.2 Å². The van der Waals surface area contributed by atoms with Gasteiger partial charge < -0.3 is 10.2 Å². The van der Waals surface area contributed by atoms with E-state index in [4.69, 9.17) is 10.2 Å². The normalized spacial score (nSPS) is 13.1. The molecular weight excluding hydrogens is 257 g/mol. The number of carboxylic acids is 1. The number of aliphatic carboxylic acids is 1. The zero-order valence-electron chi connectivity index (χ0n) is 8.23. The van der Waals surface area contributed by atoms with Gasteiger partial charge in [-0.15, -0.1) is 0 Å². The lowest BCUT2D eigenvalue weighted by atomic mass is 9.98. The molecule has 1 rings (SSSR count). The topological polar surface area (TPSA) is 57.5 Å². The quantitative estimate of drug-likeness (QED) is 0.824. The van der Waals surface area contributed by atoms with Gasteiger partial charge in [0.1, 0.15) is 5.92 Å². The monoisotopic (exact) mass is 264 g/mol. The van der Waals surface area contributed by atoms with E-state index in [1.54, 1.807) is 0 Å². The van der Waals surface area contributed by atoms with Gasteiger partial charge in [-0.2, -0.15) is 13.2 Å². The molecule has 0 aromatic heterocycles. The molecule has 92 valence electrons. The third-order valence-corrected chi connectivity index (χ3v) is 2.28. The van der Waals surface area contributed by atoms with Crippen molar-refractivity contribution in [1.82, 2.24) is 0 Å². The van der Waals surface area contributed by atoms with Crippen molar-refractivity contribution >= 4 is 23.2 Å². The lowest BCUT2D eigenvalue weighted by Gasteiger charge is -2.12. The minimum absolute atomic E-state index is 0.208. The van der Waals surface area contributed by atoms with E-state index in [1.807, 2.05) is 0 Å². The van der Waals surface area contributed by atoms with E-state index >= 15 is 0 Å². The minimum atomic E-state index is -4.57. The maximum atomic E-state index is 12.4. The second-order valence-corrected chi connectivity index (χ2v) is 3.65. The zero-order chi connectivity index (χ0) is 13.2. The van der Waals surface area contributed by atoms with Crippen molar-refractivity contribution in [2.24, 2.45) is 0 Å². The van der Waals surface area contributed by atoms with Gasteiger partial charge in [0.05, 0.1) is 5.56 Å². The second kappa shape index (κ2) is 4.70. The van der Waals surface area contributed by atoms with Crippen LogP contribution in [0, 0.1) is 0 Å². The Hall–Kier alpha value is -1.63. The molecule has 0 amide bonds. The molecule has 0 aliphatic rings. The van der Waals surface area contributed by atoms with Crippen molar-refractivity contribution in [2.75, 3.05) is 0 Å². The number of halogens is 3. The van der Waals surface area contributed by atoms with Crippen molar-refractivity contribution in [2.45, 2.75) is 12.1 Å². The molecule has 1 aromatic carbocycles. The summed E-state index contributed by atoms with van der Waals surface area (Å²) in [6.45, 7) is 0. The van der Waals surface area contributed by atoms with Gasteiger partial charge in [-0.05, 0) is 23.8 Å². The summed E-state index contributed by atoms with van der Waals surface area (Å²) in [6, 6.07) is 3.69. The number of aliphatic hydroxyl groups excluding tert-OH is 1. The van der Waals surface area contributed by atoms with Gasteiger partial charge in [0.15, 0.2) is 5.05 Å².